The molecule has 206 valence electrons. The Bertz CT molecular complexity index is 1670. The highest BCUT2D eigenvalue weighted by Gasteiger charge is 2.14. The summed E-state index contributed by atoms with van der Waals surface area (Å²) >= 11 is 0. The van der Waals surface area contributed by atoms with E-state index < -0.39 is 10.0 Å². The van der Waals surface area contributed by atoms with E-state index in [2.05, 4.69) is 71.5 Å². The molecule has 6 heteroatoms. The van der Waals surface area contributed by atoms with E-state index in [4.69, 9.17) is 9.47 Å². The summed E-state index contributed by atoms with van der Waals surface area (Å²) in [6, 6.07) is 26.6. The maximum atomic E-state index is 12.2. The van der Waals surface area contributed by atoms with Gasteiger partial charge >= 0.3 is 0 Å². The van der Waals surface area contributed by atoms with Crippen LogP contribution in [0.2, 0.25) is 0 Å². The summed E-state index contributed by atoms with van der Waals surface area (Å²) in [7, 11) is -1.67. The lowest BCUT2D eigenvalue weighted by Crippen LogP contribution is -2.15. The summed E-state index contributed by atoms with van der Waals surface area (Å²) in [6.45, 7) is 4.59. The van der Waals surface area contributed by atoms with Crippen molar-refractivity contribution < 1.29 is 17.9 Å². The van der Waals surface area contributed by atoms with Crippen molar-refractivity contribution in [3.8, 4) is 28.0 Å². The molecule has 0 bridgehead atoms. The van der Waals surface area contributed by atoms with E-state index in [0.717, 1.165) is 45.2 Å². The molecule has 1 aliphatic carbocycles. The molecular weight excluding hydrogens is 518 g/mol. The summed E-state index contributed by atoms with van der Waals surface area (Å²) in [5.74, 6) is 0.883. The molecule has 1 atom stereocenters. The van der Waals surface area contributed by atoms with Crippen LogP contribution >= 0.6 is 0 Å². The highest BCUT2D eigenvalue weighted by atomic mass is 32.2. The van der Waals surface area contributed by atoms with Crippen molar-refractivity contribution in [3.63, 3.8) is 0 Å². The van der Waals surface area contributed by atoms with Gasteiger partial charge in [-0.15, -0.1) is 0 Å². The van der Waals surface area contributed by atoms with Crippen LogP contribution in [0.1, 0.15) is 32.3 Å². The monoisotopic (exact) mass is 553 g/mol. The third-order valence-electron chi connectivity index (χ3n) is 7.11. The largest absolute Gasteiger partial charge is 0.497 e. The van der Waals surface area contributed by atoms with Crippen molar-refractivity contribution in [2.24, 2.45) is 0 Å². The molecule has 4 aromatic carbocycles. The number of fused-ring (bicyclic) bond motifs is 1. The first-order valence-corrected chi connectivity index (χ1v) is 15.4. The molecule has 0 aromatic heterocycles. The minimum atomic E-state index is -3.34. The Balaban J connectivity index is 1.52. The fourth-order valence-electron chi connectivity index (χ4n) is 5.19. The van der Waals surface area contributed by atoms with Gasteiger partial charge in [0, 0.05) is 12.3 Å². The van der Waals surface area contributed by atoms with Crippen LogP contribution in [0.15, 0.2) is 97.1 Å². The minimum Gasteiger partial charge on any atom is -0.497 e. The van der Waals surface area contributed by atoms with Gasteiger partial charge in [-0.3, -0.25) is 4.72 Å². The van der Waals surface area contributed by atoms with Crippen molar-refractivity contribution in [1.82, 2.24) is 0 Å². The van der Waals surface area contributed by atoms with Crippen LogP contribution in [0.5, 0.6) is 5.75 Å². The quantitative estimate of drug-likeness (QED) is 0.216. The van der Waals surface area contributed by atoms with E-state index in [-0.39, 0.29) is 11.9 Å². The van der Waals surface area contributed by atoms with Crippen LogP contribution in [0.25, 0.3) is 38.6 Å². The molecule has 5 nitrogen and oxygen atoms in total. The van der Waals surface area contributed by atoms with Gasteiger partial charge in [0.1, 0.15) is 5.75 Å². The average molecular weight is 554 g/mol. The van der Waals surface area contributed by atoms with E-state index in [0.29, 0.717) is 18.7 Å². The Morgan fingerprint density at radius 3 is 2.27 bits per heavy atom. The number of sulfonamides is 1. The van der Waals surface area contributed by atoms with Crippen LogP contribution in [0.3, 0.4) is 0 Å². The van der Waals surface area contributed by atoms with Gasteiger partial charge in [-0.25, -0.2) is 8.42 Å². The van der Waals surface area contributed by atoms with Gasteiger partial charge in [0.25, 0.3) is 0 Å². The van der Waals surface area contributed by atoms with E-state index in [1.54, 1.807) is 7.11 Å². The lowest BCUT2D eigenvalue weighted by Gasteiger charge is -2.17. The molecule has 1 N–H and O–H groups in total. The average Bonchev–Trinajstić information content (AvgIpc) is 2.97. The van der Waals surface area contributed by atoms with E-state index >= 15 is 0 Å². The minimum absolute atomic E-state index is 0.100. The predicted molar refractivity (Wildman–Crippen MR) is 166 cm³/mol. The number of anilines is 1. The SMILES string of the molecule is CCCS(=O)(=O)Nc1ccc(-c2ccc(-c3cccc(C4=CCC(OCC)C=C4)c3)c3ccc(OC)cc23)cc1. The Labute approximate surface area is 237 Å². The van der Waals surface area contributed by atoms with Crippen LogP contribution in [-0.2, 0) is 14.8 Å². The third kappa shape index (κ3) is 6.14. The fraction of sp³-hybridized carbons (Fsp3) is 0.235. The molecule has 0 heterocycles. The highest BCUT2D eigenvalue weighted by Crippen LogP contribution is 2.38. The van der Waals surface area contributed by atoms with Crippen molar-refractivity contribution >= 4 is 32.1 Å². The predicted octanol–water partition coefficient (Wildman–Crippen LogP) is 8.08. The summed E-state index contributed by atoms with van der Waals surface area (Å²) in [5, 5.41) is 2.19. The summed E-state index contributed by atoms with van der Waals surface area (Å²) in [5.41, 5.74) is 7.27. The zero-order valence-corrected chi connectivity index (χ0v) is 24.0. The first-order chi connectivity index (χ1) is 19.4. The van der Waals surface area contributed by atoms with Crippen LogP contribution < -0.4 is 9.46 Å². The second kappa shape index (κ2) is 12.1. The van der Waals surface area contributed by atoms with Crippen LogP contribution in [0, 0.1) is 0 Å². The number of rotatable bonds is 10. The molecule has 40 heavy (non-hydrogen) atoms. The second-order valence-corrected chi connectivity index (χ2v) is 11.7. The molecule has 1 aliphatic rings. The van der Waals surface area contributed by atoms with Gasteiger partial charge in [-0.2, -0.15) is 0 Å². The second-order valence-electron chi connectivity index (χ2n) is 9.90. The standard InChI is InChI=1S/C34H35NO4S/c1-4-21-40(36,37)35-28-13-9-25(10-14-28)31-19-20-32(33-18-17-30(38-3)23-34(31)33)27-8-6-7-26(22-27)24-11-15-29(16-12-24)39-5-2/h6-15,17-20,22-23,29,35H,4-5,16,21H2,1-3H3. The lowest BCUT2D eigenvalue weighted by atomic mass is 9.90. The maximum absolute atomic E-state index is 12.2. The Morgan fingerprint density at radius 2 is 1.60 bits per heavy atom. The summed E-state index contributed by atoms with van der Waals surface area (Å²) in [4.78, 5) is 0. The lowest BCUT2D eigenvalue weighted by molar-refractivity contribution is 0.0980. The van der Waals surface area contributed by atoms with Gasteiger partial charge in [-0.1, -0.05) is 73.7 Å². The van der Waals surface area contributed by atoms with Crippen LogP contribution in [0.4, 0.5) is 5.69 Å². The van der Waals surface area contributed by atoms with Crippen molar-refractivity contribution in [2.45, 2.75) is 32.8 Å². The maximum Gasteiger partial charge on any atom is 0.232 e. The zero-order valence-electron chi connectivity index (χ0n) is 23.2. The van der Waals surface area contributed by atoms with E-state index in [1.807, 2.05) is 44.2 Å². The summed E-state index contributed by atoms with van der Waals surface area (Å²) < 4.78 is 38.4. The molecule has 0 spiro atoms. The van der Waals surface area contributed by atoms with Gasteiger partial charge in [0.2, 0.25) is 10.0 Å². The molecule has 4 aromatic rings. The number of benzene rings is 4. The molecule has 0 amide bonds. The van der Waals surface area contributed by atoms with Crippen molar-refractivity contribution in [2.75, 3.05) is 24.2 Å². The van der Waals surface area contributed by atoms with E-state index in [9.17, 15) is 8.42 Å². The molecule has 0 fully saturated rings. The van der Waals surface area contributed by atoms with Crippen molar-refractivity contribution in [1.29, 1.82) is 0 Å². The Morgan fingerprint density at radius 1 is 0.850 bits per heavy atom. The Kier molecular flexibility index (Phi) is 8.38. The number of hydrogen-bond acceptors (Lipinski definition) is 4. The molecule has 0 radical (unpaired) electrons. The molecule has 5 rings (SSSR count). The molecule has 0 saturated heterocycles. The van der Waals surface area contributed by atoms with Crippen LogP contribution in [-0.4, -0.2) is 34.0 Å². The Hall–Kier alpha value is -3.87. The third-order valence-corrected chi connectivity index (χ3v) is 8.61. The number of allylic oxidation sites excluding steroid dienone is 2. The van der Waals surface area contributed by atoms with Gasteiger partial charge < -0.3 is 9.47 Å². The van der Waals surface area contributed by atoms with Gasteiger partial charge in [0.15, 0.2) is 0 Å². The number of hydrogen-bond donors (Lipinski definition) is 1. The molecular formula is C34H35NO4S. The number of ether oxygens (including phenoxy) is 2. The topological polar surface area (TPSA) is 64.6 Å². The zero-order chi connectivity index (χ0) is 28.1. The van der Waals surface area contributed by atoms with Crippen molar-refractivity contribution in [3.05, 3.63) is 103 Å². The number of nitrogens with one attached hydrogen (secondary N) is 1. The van der Waals surface area contributed by atoms with Gasteiger partial charge in [0.05, 0.1) is 19.0 Å². The molecule has 0 saturated carbocycles. The first-order valence-electron chi connectivity index (χ1n) is 13.7. The smallest absolute Gasteiger partial charge is 0.232 e. The fourth-order valence-corrected chi connectivity index (χ4v) is 6.33. The summed E-state index contributed by atoms with van der Waals surface area (Å²) in [6.07, 6.45) is 8.13. The number of methoxy groups -OCH3 is 1. The first kappa shape index (κ1) is 27.7. The highest BCUT2D eigenvalue weighted by molar-refractivity contribution is 7.92. The normalized spacial score (nSPS) is 15.2. The molecule has 1 unspecified atom stereocenters. The van der Waals surface area contributed by atoms with E-state index in [1.165, 1.54) is 11.1 Å². The molecule has 0 aliphatic heterocycles. The van der Waals surface area contributed by atoms with Gasteiger partial charge in [-0.05, 0) is 94.3 Å².